The summed E-state index contributed by atoms with van der Waals surface area (Å²) in [5.74, 6) is -1.02. The molecule has 0 aliphatic carbocycles. The summed E-state index contributed by atoms with van der Waals surface area (Å²) in [4.78, 5) is 44.8. The molecule has 11 heteroatoms. The van der Waals surface area contributed by atoms with E-state index in [9.17, 15) is 29.7 Å². The zero-order chi connectivity index (χ0) is 41.8. The van der Waals surface area contributed by atoms with Gasteiger partial charge in [-0.05, 0) is 30.7 Å². The maximum atomic E-state index is 14.3. The van der Waals surface area contributed by atoms with E-state index in [1.54, 1.807) is 24.3 Å². The number of amides is 3. The minimum Gasteiger partial charge on any atom is -0.444 e. The van der Waals surface area contributed by atoms with Gasteiger partial charge in [0.2, 0.25) is 11.8 Å². The Labute approximate surface area is 345 Å². The Morgan fingerprint density at radius 3 is 1.72 bits per heavy atom. The third-order valence-electron chi connectivity index (χ3n) is 11.2. The summed E-state index contributed by atoms with van der Waals surface area (Å²) in [7, 11) is 0. The first kappa shape index (κ1) is 50.6. The van der Waals surface area contributed by atoms with E-state index in [2.05, 4.69) is 13.8 Å². The monoisotopic (exact) mass is 804 g/mol. The molecule has 1 aliphatic heterocycles. The smallest absolute Gasteiger partial charge is 0.417 e. The molecule has 6 atom stereocenters. The van der Waals surface area contributed by atoms with E-state index in [1.807, 2.05) is 19.9 Å². The van der Waals surface area contributed by atoms with Crippen LogP contribution in [0.25, 0.3) is 0 Å². The molecule has 0 spiro atoms. The van der Waals surface area contributed by atoms with E-state index >= 15 is 0 Å². The minimum absolute atomic E-state index is 0.0130. The molecule has 3 amide bonds. The van der Waals surface area contributed by atoms with Gasteiger partial charge in [-0.2, -0.15) is 0 Å². The lowest BCUT2D eigenvalue weighted by Gasteiger charge is -2.49. The Morgan fingerprint density at radius 2 is 1.23 bits per heavy atom. The summed E-state index contributed by atoms with van der Waals surface area (Å²) in [6.07, 6.45) is 17.0. The molecule has 1 aromatic carbocycles. The number of aliphatic hydroxyl groups is 3. The van der Waals surface area contributed by atoms with Crippen LogP contribution in [0.15, 0.2) is 30.3 Å². The lowest BCUT2D eigenvalue weighted by molar-refractivity contribution is -0.245. The van der Waals surface area contributed by atoms with Gasteiger partial charge < -0.3 is 35.4 Å². The molecule has 1 fully saturated rings. The predicted molar refractivity (Wildman–Crippen MR) is 227 cm³/mol. The van der Waals surface area contributed by atoms with Crippen molar-refractivity contribution in [2.75, 3.05) is 13.2 Å². The number of hydrogen-bond donors (Lipinski definition) is 4. The van der Waals surface area contributed by atoms with Crippen LogP contribution in [-0.2, 0) is 25.7 Å². The van der Waals surface area contributed by atoms with Crippen molar-refractivity contribution in [1.82, 2.24) is 9.80 Å². The highest BCUT2D eigenvalue weighted by atomic mass is 16.6. The zero-order valence-electron chi connectivity index (χ0n) is 36.2. The first-order valence-corrected chi connectivity index (χ1v) is 22.8. The summed E-state index contributed by atoms with van der Waals surface area (Å²) in [5, 5.41) is 33.2. The SMILES string of the molecule is CCCCCCCCCCCCCC(=O)N(CCCCCCCCCCCC)[C@@H]1O[C@H](CO)[C@@H](O)[C@H](O)[C@H]1N(C(=O)OCc1ccccc1)C(=O)[C@@H](N)CC(C)C. The highest BCUT2D eigenvalue weighted by Crippen LogP contribution is 2.31. The summed E-state index contributed by atoms with van der Waals surface area (Å²) in [6, 6.07) is 6.33. The highest BCUT2D eigenvalue weighted by Gasteiger charge is 2.53. The van der Waals surface area contributed by atoms with Gasteiger partial charge in [-0.1, -0.05) is 180 Å². The molecule has 0 saturated carbocycles. The number of unbranched alkanes of at least 4 members (excludes halogenated alkanes) is 19. The van der Waals surface area contributed by atoms with Crippen molar-refractivity contribution in [3.63, 3.8) is 0 Å². The molecule has 1 aliphatic rings. The number of carbonyl (C=O) groups excluding carboxylic acids is 3. The van der Waals surface area contributed by atoms with Crippen molar-refractivity contribution >= 4 is 17.9 Å². The molecule has 1 saturated heterocycles. The number of hydrogen-bond acceptors (Lipinski definition) is 9. The van der Waals surface area contributed by atoms with Gasteiger partial charge in [0, 0.05) is 13.0 Å². The third kappa shape index (κ3) is 19.4. The number of ether oxygens (including phenoxy) is 2. The molecule has 328 valence electrons. The van der Waals surface area contributed by atoms with Gasteiger partial charge in [0.1, 0.15) is 31.0 Å². The van der Waals surface area contributed by atoms with Gasteiger partial charge in [0.15, 0.2) is 6.23 Å². The second-order valence-electron chi connectivity index (χ2n) is 16.8. The van der Waals surface area contributed by atoms with E-state index in [1.165, 1.54) is 88.4 Å². The van der Waals surface area contributed by atoms with Gasteiger partial charge in [-0.3, -0.25) is 9.59 Å². The van der Waals surface area contributed by atoms with Gasteiger partial charge >= 0.3 is 6.09 Å². The summed E-state index contributed by atoms with van der Waals surface area (Å²) in [5.41, 5.74) is 7.09. The third-order valence-corrected chi connectivity index (χ3v) is 11.2. The maximum Gasteiger partial charge on any atom is 0.417 e. The average molecular weight is 804 g/mol. The Hall–Kier alpha value is -2.57. The van der Waals surface area contributed by atoms with Gasteiger partial charge in [0.05, 0.1) is 12.6 Å². The van der Waals surface area contributed by atoms with Crippen molar-refractivity contribution in [2.45, 2.75) is 219 Å². The van der Waals surface area contributed by atoms with Crippen LogP contribution in [0.5, 0.6) is 0 Å². The molecule has 0 radical (unpaired) electrons. The molecule has 0 unspecified atom stereocenters. The highest BCUT2D eigenvalue weighted by molar-refractivity contribution is 5.95. The van der Waals surface area contributed by atoms with Gasteiger partial charge in [0.25, 0.3) is 0 Å². The fourth-order valence-corrected chi connectivity index (χ4v) is 7.80. The number of benzene rings is 1. The van der Waals surface area contributed by atoms with Gasteiger partial charge in [-0.15, -0.1) is 0 Å². The van der Waals surface area contributed by atoms with Crippen molar-refractivity contribution in [3.8, 4) is 0 Å². The van der Waals surface area contributed by atoms with Crippen molar-refractivity contribution in [2.24, 2.45) is 11.7 Å². The van der Waals surface area contributed by atoms with E-state index < -0.39 is 55.2 Å². The first-order chi connectivity index (χ1) is 27.6. The van der Waals surface area contributed by atoms with E-state index in [0.717, 1.165) is 43.4 Å². The first-order valence-electron chi connectivity index (χ1n) is 22.8. The lowest BCUT2D eigenvalue weighted by atomic mass is 9.92. The summed E-state index contributed by atoms with van der Waals surface area (Å²) >= 11 is 0. The van der Waals surface area contributed by atoms with Crippen molar-refractivity contribution in [3.05, 3.63) is 35.9 Å². The van der Waals surface area contributed by atoms with Crippen molar-refractivity contribution < 1.29 is 39.2 Å². The zero-order valence-corrected chi connectivity index (χ0v) is 36.2. The molecule has 2 rings (SSSR count). The molecule has 1 heterocycles. The Kier molecular flexibility index (Phi) is 27.0. The van der Waals surface area contributed by atoms with Crippen LogP contribution in [-0.4, -0.2) is 92.8 Å². The van der Waals surface area contributed by atoms with E-state index in [4.69, 9.17) is 15.2 Å². The number of nitrogens with two attached hydrogens (primary N) is 1. The standard InChI is InChI=1S/C46H81N3O8/c1-5-7-9-11-13-15-17-18-20-22-27-31-40(51)48(32-28-23-21-19-16-14-12-10-8-6-2)45-41(43(53)42(52)39(34-50)57-45)49(44(54)38(47)33-36(3)4)46(55)56-35-37-29-25-24-26-30-37/h24-26,29-30,36,38-39,41-43,45,50,52-53H,5-23,27-28,31-35,47H2,1-4H3/t38-,39+,41+,42+,43+,45+/m0/s1. The van der Waals surface area contributed by atoms with Crippen LogP contribution in [0, 0.1) is 5.92 Å². The largest absolute Gasteiger partial charge is 0.444 e. The minimum atomic E-state index is -1.76. The number of imide groups is 1. The van der Waals surface area contributed by atoms with Crippen LogP contribution in [0.4, 0.5) is 4.79 Å². The Morgan fingerprint density at radius 1 is 0.737 bits per heavy atom. The molecular weight excluding hydrogens is 723 g/mol. The van der Waals surface area contributed by atoms with Crippen molar-refractivity contribution in [1.29, 1.82) is 0 Å². The Balaban J connectivity index is 2.32. The maximum absolute atomic E-state index is 14.3. The van der Waals surface area contributed by atoms with Crippen LogP contribution < -0.4 is 5.73 Å². The van der Waals surface area contributed by atoms with Crippen LogP contribution in [0.2, 0.25) is 0 Å². The molecule has 5 N–H and O–H groups in total. The molecule has 0 bridgehead atoms. The Bertz CT molecular complexity index is 1200. The number of carbonyl (C=O) groups is 3. The number of aliphatic hydroxyl groups excluding tert-OH is 3. The van der Waals surface area contributed by atoms with E-state index in [-0.39, 0.29) is 37.8 Å². The fraction of sp³-hybridized carbons (Fsp3) is 0.804. The summed E-state index contributed by atoms with van der Waals surface area (Å²) in [6.45, 7) is 7.72. The predicted octanol–water partition coefficient (Wildman–Crippen LogP) is 8.78. The van der Waals surface area contributed by atoms with E-state index in [0.29, 0.717) is 18.4 Å². The fourth-order valence-electron chi connectivity index (χ4n) is 7.80. The van der Waals surface area contributed by atoms with Crippen LogP contribution in [0.1, 0.15) is 181 Å². The number of rotatable bonds is 31. The second kappa shape index (κ2) is 30.5. The molecular formula is C46H81N3O8. The molecule has 11 nitrogen and oxygen atoms in total. The number of nitrogens with zero attached hydrogens (tertiary/aromatic N) is 2. The lowest BCUT2D eigenvalue weighted by Crippen LogP contribution is -2.71. The molecule has 1 aromatic rings. The van der Waals surface area contributed by atoms with Crippen LogP contribution in [0.3, 0.4) is 0 Å². The average Bonchev–Trinajstić information content (AvgIpc) is 3.20. The van der Waals surface area contributed by atoms with Crippen LogP contribution >= 0.6 is 0 Å². The molecule has 0 aromatic heterocycles. The quantitative estimate of drug-likeness (QED) is 0.0538. The molecule has 57 heavy (non-hydrogen) atoms. The summed E-state index contributed by atoms with van der Waals surface area (Å²) < 4.78 is 11.9. The second-order valence-corrected chi connectivity index (χ2v) is 16.8. The van der Waals surface area contributed by atoms with Gasteiger partial charge in [-0.25, -0.2) is 9.69 Å². The normalized spacial score (nSPS) is 20.1. The topological polar surface area (TPSA) is 163 Å².